The summed E-state index contributed by atoms with van der Waals surface area (Å²) in [5.41, 5.74) is 0. The Bertz CT molecular complexity index is 71.3. The Morgan fingerprint density at radius 3 is 2.36 bits per heavy atom. The highest BCUT2D eigenvalue weighted by molar-refractivity contribution is 4.54. The van der Waals surface area contributed by atoms with Crippen molar-refractivity contribution < 1.29 is 0 Å². The van der Waals surface area contributed by atoms with Crippen molar-refractivity contribution >= 4 is 0 Å². The molecule has 0 aliphatic heterocycles. The quantitative estimate of drug-likeness (QED) is 0.560. The molecule has 0 saturated heterocycles. The van der Waals surface area contributed by atoms with Gasteiger partial charge in [0.15, 0.2) is 0 Å². The largest absolute Gasteiger partial charge is 0.320 e. The number of unbranched alkanes of at least 4 members (excludes halogenated alkanes) is 1. The molecule has 0 saturated carbocycles. The molecule has 0 bridgehead atoms. The Morgan fingerprint density at radius 2 is 1.82 bits per heavy atom. The van der Waals surface area contributed by atoms with Crippen LogP contribution in [0.3, 0.4) is 0 Å². The van der Waals surface area contributed by atoms with Crippen molar-refractivity contribution in [3.63, 3.8) is 0 Å². The van der Waals surface area contributed by atoms with E-state index in [0.717, 1.165) is 5.92 Å². The van der Waals surface area contributed by atoms with Gasteiger partial charge in [-0.05, 0) is 32.4 Å². The molecular weight excluding hydrogens is 134 g/mol. The summed E-state index contributed by atoms with van der Waals surface area (Å²) in [6.07, 6.45) is 6.89. The fourth-order valence-electron chi connectivity index (χ4n) is 1.32. The first-order valence-electron chi connectivity index (χ1n) is 4.95. The van der Waals surface area contributed by atoms with Gasteiger partial charge >= 0.3 is 0 Å². The van der Waals surface area contributed by atoms with Gasteiger partial charge in [0.1, 0.15) is 0 Å². The van der Waals surface area contributed by atoms with E-state index >= 15 is 0 Å². The fraction of sp³-hybridized carbons (Fsp3) is 1.00. The maximum atomic E-state index is 3.18. The minimum Gasteiger partial charge on any atom is -0.320 e. The molecule has 1 heteroatoms. The van der Waals surface area contributed by atoms with Crippen molar-refractivity contribution in [2.45, 2.75) is 46.0 Å². The molecule has 0 heterocycles. The second kappa shape index (κ2) is 8.06. The van der Waals surface area contributed by atoms with Gasteiger partial charge < -0.3 is 5.32 Å². The zero-order valence-electron chi connectivity index (χ0n) is 8.32. The van der Waals surface area contributed by atoms with Gasteiger partial charge in [0.25, 0.3) is 0 Å². The second-order valence-electron chi connectivity index (χ2n) is 3.49. The molecular formula is C10H23N. The van der Waals surface area contributed by atoms with E-state index in [1.54, 1.807) is 0 Å². The molecule has 1 N–H and O–H groups in total. The van der Waals surface area contributed by atoms with Crippen molar-refractivity contribution in [3.05, 3.63) is 0 Å². The SMILES string of the molecule is CCCC[C@H](C)CCCNC. The predicted octanol–water partition coefficient (Wildman–Crippen LogP) is 2.81. The second-order valence-corrected chi connectivity index (χ2v) is 3.49. The average molecular weight is 157 g/mol. The summed E-state index contributed by atoms with van der Waals surface area (Å²) in [5.74, 6) is 0.934. The van der Waals surface area contributed by atoms with E-state index in [4.69, 9.17) is 0 Å². The summed E-state index contributed by atoms with van der Waals surface area (Å²) in [4.78, 5) is 0. The molecule has 0 aromatic carbocycles. The highest BCUT2D eigenvalue weighted by Gasteiger charge is 1.99. The molecule has 68 valence electrons. The Morgan fingerprint density at radius 1 is 1.18 bits per heavy atom. The van der Waals surface area contributed by atoms with Crippen LogP contribution in [0.4, 0.5) is 0 Å². The van der Waals surface area contributed by atoms with E-state index in [-0.39, 0.29) is 0 Å². The molecule has 0 aromatic rings. The highest BCUT2D eigenvalue weighted by atomic mass is 14.8. The average Bonchev–Trinajstić information content (AvgIpc) is 2.01. The Hall–Kier alpha value is -0.0400. The topological polar surface area (TPSA) is 12.0 Å². The minimum atomic E-state index is 0.934. The van der Waals surface area contributed by atoms with Crippen LogP contribution in [-0.2, 0) is 0 Å². The smallest absolute Gasteiger partial charge is 0.00518 e. The monoisotopic (exact) mass is 157 g/mol. The number of hydrogen-bond acceptors (Lipinski definition) is 1. The molecule has 0 aliphatic carbocycles. The van der Waals surface area contributed by atoms with Crippen molar-refractivity contribution in [1.29, 1.82) is 0 Å². The maximum Gasteiger partial charge on any atom is -0.00518 e. The Kier molecular flexibility index (Phi) is 8.03. The minimum absolute atomic E-state index is 0.934. The first-order chi connectivity index (χ1) is 5.31. The summed E-state index contributed by atoms with van der Waals surface area (Å²) in [5, 5.41) is 3.18. The van der Waals surface area contributed by atoms with Crippen LogP contribution in [0, 0.1) is 5.92 Å². The molecule has 0 rings (SSSR count). The molecule has 0 amide bonds. The van der Waals surface area contributed by atoms with Crippen LogP contribution < -0.4 is 5.32 Å². The third-order valence-corrected chi connectivity index (χ3v) is 2.17. The van der Waals surface area contributed by atoms with Gasteiger partial charge in [0, 0.05) is 0 Å². The molecule has 0 fully saturated rings. The van der Waals surface area contributed by atoms with E-state index in [9.17, 15) is 0 Å². The van der Waals surface area contributed by atoms with E-state index in [2.05, 4.69) is 19.2 Å². The van der Waals surface area contributed by atoms with Crippen LogP contribution in [0.15, 0.2) is 0 Å². The lowest BCUT2D eigenvalue weighted by Crippen LogP contribution is -2.08. The van der Waals surface area contributed by atoms with E-state index < -0.39 is 0 Å². The maximum absolute atomic E-state index is 3.18. The summed E-state index contributed by atoms with van der Waals surface area (Å²) < 4.78 is 0. The van der Waals surface area contributed by atoms with Crippen LogP contribution in [0.1, 0.15) is 46.0 Å². The van der Waals surface area contributed by atoms with Crippen molar-refractivity contribution in [3.8, 4) is 0 Å². The highest BCUT2D eigenvalue weighted by Crippen LogP contribution is 2.12. The zero-order chi connectivity index (χ0) is 8.53. The van der Waals surface area contributed by atoms with Crippen LogP contribution in [-0.4, -0.2) is 13.6 Å². The molecule has 0 spiro atoms. The van der Waals surface area contributed by atoms with E-state index in [1.807, 2.05) is 7.05 Å². The molecule has 0 aromatic heterocycles. The number of nitrogens with one attached hydrogen (secondary N) is 1. The summed E-state index contributed by atoms with van der Waals surface area (Å²) in [6.45, 7) is 5.81. The van der Waals surface area contributed by atoms with Crippen LogP contribution in [0.25, 0.3) is 0 Å². The van der Waals surface area contributed by atoms with Gasteiger partial charge in [-0.1, -0.05) is 33.1 Å². The lowest BCUT2D eigenvalue weighted by molar-refractivity contribution is 0.453. The lowest BCUT2D eigenvalue weighted by Gasteiger charge is -2.09. The van der Waals surface area contributed by atoms with Crippen LogP contribution in [0.2, 0.25) is 0 Å². The van der Waals surface area contributed by atoms with E-state index in [1.165, 1.54) is 38.6 Å². The predicted molar refractivity (Wildman–Crippen MR) is 51.8 cm³/mol. The van der Waals surface area contributed by atoms with Crippen molar-refractivity contribution in [2.75, 3.05) is 13.6 Å². The molecule has 0 radical (unpaired) electrons. The number of rotatable bonds is 7. The zero-order valence-corrected chi connectivity index (χ0v) is 8.32. The van der Waals surface area contributed by atoms with Gasteiger partial charge in [-0.15, -0.1) is 0 Å². The Balaban J connectivity index is 3.02. The third-order valence-electron chi connectivity index (χ3n) is 2.17. The first-order valence-corrected chi connectivity index (χ1v) is 4.95. The fourth-order valence-corrected chi connectivity index (χ4v) is 1.32. The van der Waals surface area contributed by atoms with Gasteiger partial charge in [-0.3, -0.25) is 0 Å². The van der Waals surface area contributed by atoms with Crippen molar-refractivity contribution in [1.82, 2.24) is 5.32 Å². The standard InChI is InChI=1S/C10H23N/c1-4-5-7-10(2)8-6-9-11-3/h10-11H,4-9H2,1-3H3/t10-/m0/s1. The van der Waals surface area contributed by atoms with Crippen LogP contribution in [0.5, 0.6) is 0 Å². The molecule has 0 aliphatic rings. The summed E-state index contributed by atoms with van der Waals surface area (Å²) in [7, 11) is 2.02. The molecule has 11 heavy (non-hydrogen) atoms. The van der Waals surface area contributed by atoms with Crippen LogP contribution >= 0.6 is 0 Å². The lowest BCUT2D eigenvalue weighted by atomic mass is 9.99. The summed E-state index contributed by atoms with van der Waals surface area (Å²) >= 11 is 0. The first kappa shape index (κ1) is 11.0. The number of hydrogen-bond donors (Lipinski definition) is 1. The molecule has 1 atom stereocenters. The molecule has 1 nitrogen and oxygen atoms in total. The molecule has 0 unspecified atom stereocenters. The van der Waals surface area contributed by atoms with Gasteiger partial charge in [-0.2, -0.15) is 0 Å². The van der Waals surface area contributed by atoms with Gasteiger partial charge in [0.2, 0.25) is 0 Å². The third kappa shape index (κ3) is 7.86. The Labute approximate surface area is 71.6 Å². The normalized spacial score (nSPS) is 13.4. The van der Waals surface area contributed by atoms with Gasteiger partial charge in [0.05, 0.1) is 0 Å². The van der Waals surface area contributed by atoms with E-state index in [0.29, 0.717) is 0 Å². The van der Waals surface area contributed by atoms with Gasteiger partial charge in [-0.25, -0.2) is 0 Å². The summed E-state index contributed by atoms with van der Waals surface area (Å²) in [6, 6.07) is 0. The van der Waals surface area contributed by atoms with Crippen molar-refractivity contribution in [2.24, 2.45) is 5.92 Å².